The maximum Gasteiger partial charge on any atom is 0.416 e. The van der Waals surface area contributed by atoms with Gasteiger partial charge in [0.15, 0.2) is 5.76 Å². The summed E-state index contributed by atoms with van der Waals surface area (Å²) in [6.07, 6.45) is -4.27. The van der Waals surface area contributed by atoms with Crippen LogP contribution in [0.3, 0.4) is 0 Å². The second-order valence-corrected chi connectivity index (χ2v) is 10.4. The smallest absolute Gasteiger partial charge is 0.416 e. The molecule has 1 atom stereocenters. The molecular formula is C33H31F3N2O5. The first kappa shape index (κ1) is 29.9. The van der Waals surface area contributed by atoms with Gasteiger partial charge >= 0.3 is 18.2 Å². The lowest BCUT2D eigenvalue weighted by atomic mass is 9.93. The summed E-state index contributed by atoms with van der Waals surface area (Å²) in [6.45, 7) is 5.51. The summed E-state index contributed by atoms with van der Waals surface area (Å²) < 4.78 is 55.6. The number of nitrogens with zero attached hydrogens (tertiary/aromatic N) is 1. The van der Waals surface area contributed by atoms with E-state index in [0.717, 1.165) is 41.7 Å². The lowest BCUT2D eigenvalue weighted by molar-refractivity contribution is -0.146. The highest BCUT2D eigenvalue weighted by Gasteiger charge is 2.52. The fourth-order valence-electron chi connectivity index (χ4n) is 5.02. The number of carbonyl (C=O) groups excluding carboxylic acids is 2. The van der Waals surface area contributed by atoms with Gasteiger partial charge in [0.1, 0.15) is 17.5 Å². The fraction of sp³-hybridized carbons (Fsp3) is 0.303. The molecule has 10 heteroatoms. The Hall–Kier alpha value is -4.60. The molecule has 4 aromatic rings. The number of aryl methyl sites for hydroxylation is 1. The molecule has 0 aliphatic heterocycles. The molecule has 224 valence electrons. The van der Waals surface area contributed by atoms with E-state index in [1.165, 1.54) is 19.1 Å². The van der Waals surface area contributed by atoms with Gasteiger partial charge in [0, 0.05) is 5.56 Å². The zero-order valence-corrected chi connectivity index (χ0v) is 24.0. The lowest BCUT2D eigenvalue weighted by Gasteiger charge is -2.16. The first-order valence-corrected chi connectivity index (χ1v) is 14.1. The van der Waals surface area contributed by atoms with Gasteiger partial charge in [-0.1, -0.05) is 72.7 Å². The largest absolute Gasteiger partial charge is 0.465 e. The third-order valence-electron chi connectivity index (χ3n) is 7.63. The predicted molar refractivity (Wildman–Crippen MR) is 154 cm³/mol. The summed E-state index contributed by atoms with van der Waals surface area (Å²) >= 11 is 0. The van der Waals surface area contributed by atoms with E-state index < -0.39 is 29.4 Å². The number of benzene rings is 3. The minimum absolute atomic E-state index is 0.177. The maximum atomic E-state index is 13.1. The van der Waals surface area contributed by atoms with Gasteiger partial charge < -0.3 is 14.0 Å². The molecule has 1 unspecified atom stereocenters. The van der Waals surface area contributed by atoms with Crippen LogP contribution in [0.25, 0.3) is 22.5 Å². The number of hydrogen-bond donors (Lipinski definition) is 1. The summed E-state index contributed by atoms with van der Waals surface area (Å²) in [4.78, 5) is 25.2. The molecule has 43 heavy (non-hydrogen) atoms. The Morgan fingerprint density at radius 1 is 0.977 bits per heavy atom. The molecule has 1 heterocycles. The number of amides is 1. The Morgan fingerprint density at radius 2 is 1.60 bits per heavy atom. The minimum atomic E-state index is -4.51. The number of esters is 1. The quantitative estimate of drug-likeness (QED) is 0.196. The number of alkyl halides is 3. The van der Waals surface area contributed by atoms with E-state index in [1.54, 1.807) is 6.92 Å². The van der Waals surface area contributed by atoms with Crippen molar-refractivity contribution < 1.29 is 36.8 Å². The molecule has 1 aromatic heterocycles. The molecule has 5 rings (SSSR count). The van der Waals surface area contributed by atoms with Crippen molar-refractivity contribution in [2.75, 3.05) is 11.9 Å². The Morgan fingerprint density at radius 3 is 2.19 bits per heavy atom. The molecule has 7 nitrogen and oxygen atoms in total. The fourth-order valence-corrected chi connectivity index (χ4v) is 5.02. The number of hydrogen-bond acceptors (Lipinski definition) is 6. The molecule has 3 aromatic carbocycles. The topological polar surface area (TPSA) is 90.7 Å². The Bertz CT molecular complexity index is 1610. The van der Waals surface area contributed by atoms with Crippen molar-refractivity contribution in [2.24, 2.45) is 0 Å². The SMILES string of the molecule is CCOC(=O)C1(c2ccc(-c3ccc(-c4onc(CC)c4NC(=O)OC(C)c4cccc(C(F)(F)F)c4)cc3)cc2)CC1. The maximum absolute atomic E-state index is 13.1. The van der Waals surface area contributed by atoms with E-state index in [2.05, 4.69) is 10.5 Å². The first-order valence-electron chi connectivity index (χ1n) is 14.1. The Kier molecular flexibility index (Phi) is 8.30. The number of anilines is 1. The van der Waals surface area contributed by atoms with Gasteiger partial charge in [-0.25, -0.2) is 4.79 Å². The molecule has 0 bridgehead atoms. The molecule has 1 aliphatic rings. The molecule has 1 fully saturated rings. The molecule has 0 radical (unpaired) electrons. The van der Waals surface area contributed by atoms with Crippen LogP contribution in [-0.4, -0.2) is 23.8 Å². The van der Waals surface area contributed by atoms with Crippen LogP contribution in [0.2, 0.25) is 0 Å². The zero-order valence-electron chi connectivity index (χ0n) is 24.0. The molecule has 1 aliphatic carbocycles. The minimum Gasteiger partial charge on any atom is -0.465 e. The lowest BCUT2D eigenvalue weighted by Crippen LogP contribution is -2.23. The van der Waals surface area contributed by atoms with Gasteiger partial charge in [0.2, 0.25) is 0 Å². The average molecular weight is 593 g/mol. The summed E-state index contributed by atoms with van der Waals surface area (Å²) in [7, 11) is 0. The van der Waals surface area contributed by atoms with Crippen molar-refractivity contribution >= 4 is 17.7 Å². The summed E-state index contributed by atoms with van der Waals surface area (Å²) in [5.74, 6) is 0.150. The molecule has 1 saturated carbocycles. The van der Waals surface area contributed by atoms with Crippen LogP contribution < -0.4 is 5.32 Å². The zero-order chi connectivity index (χ0) is 30.8. The van der Waals surface area contributed by atoms with Crippen molar-refractivity contribution in [1.29, 1.82) is 0 Å². The first-order chi connectivity index (χ1) is 20.6. The molecule has 1 amide bonds. The predicted octanol–water partition coefficient (Wildman–Crippen LogP) is 8.49. The van der Waals surface area contributed by atoms with Crippen molar-refractivity contribution in [3.05, 3.63) is 95.2 Å². The van der Waals surface area contributed by atoms with Crippen LogP contribution >= 0.6 is 0 Å². The van der Waals surface area contributed by atoms with Crippen LogP contribution in [0.1, 0.15) is 62.1 Å². The van der Waals surface area contributed by atoms with Crippen molar-refractivity contribution in [2.45, 2.75) is 57.7 Å². The molecule has 0 spiro atoms. The van der Waals surface area contributed by atoms with Crippen LogP contribution in [0, 0.1) is 0 Å². The monoisotopic (exact) mass is 592 g/mol. The van der Waals surface area contributed by atoms with E-state index in [0.29, 0.717) is 35.7 Å². The third kappa shape index (κ3) is 6.28. The van der Waals surface area contributed by atoms with Crippen LogP contribution in [0.4, 0.5) is 23.7 Å². The number of nitrogens with one attached hydrogen (secondary N) is 1. The van der Waals surface area contributed by atoms with Crippen molar-refractivity contribution in [3.63, 3.8) is 0 Å². The van der Waals surface area contributed by atoms with E-state index >= 15 is 0 Å². The number of aromatic nitrogens is 1. The highest BCUT2D eigenvalue weighted by atomic mass is 19.4. The van der Waals surface area contributed by atoms with Gasteiger partial charge in [-0.3, -0.25) is 10.1 Å². The van der Waals surface area contributed by atoms with Crippen LogP contribution in [0.15, 0.2) is 77.3 Å². The molecular weight excluding hydrogens is 561 g/mol. The summed E-state index contributed by atoms with van der Waals surface area (Å²) in [6, 6.07) is 20.0. The number of carbonyl (C=O) groups is 2. The van der Waals surface area contributed by atoms with E-state index in [4.69, 9.17) is 14.0 Å². The van der Waals surface area contributed by atoms with E-state index in [-0.39, 0.29) is 11.5 Å². The molecule has 1 N–H and O–H groups in total. The Labute approximate surface area is 247 Å². The molecule has 0 saturated heterocycles. The standard InChI is InChI=1S/C33H31F3N2O5/c1-4-27-28(37-31(40)42-20(3)24-7-6-8-26(19-24)33(34,35)36)29(43-38-27)23-11-9-21(10-12-23)22-13-15-25(16-14-22)32(17-18-32)30(39)41-5-2/h6-16,19-20H,4-5,17-18H2,1-3H3,(H,37,40). The van der Waals surface area contributed by atoms with Gasteiger partial charge in [0.25, 0.3) is 0 Å². The highest BCUT2D eigenvalue weighted by Crippen LogP contribution is 2.49. The van der Waals surface area contributed by atoms with Gasteiger partial charge in [0.05, 0.1) is 17.6 Å². The van der Waals surface area contributed by atoms with Crippen LogP contribution in [-0.2, 0) is 32.3 Å². The number of ether oxygens (including phenoxy) is 2. The second-order valence-electron chi connectivity index (χ2n) is 10.4. The highest BCUT2D eigenvalue weighted by molar-refractivity contribution is 5.91. The van der Waals surface area contributed by atoms with Crippen LogP contribution in [0.5, 0.6) is 0 Å². The number of rotatable bonds is 9. The van der Waals surface area contributed by atoms with Crippen molar-refractivity contribution in [3.8, 4) is 22.5 Å². The van der Waals surface area contributed by atoms with Gasteiger partial charge in [-0.2, -0.15) is 13.2 Å². The summed E-state index contributed by atoms with van der Waals surface area (Å²) in [5.41, 5.74) is 3.20. The Balaban J connectivity index is 1.30. The normalized spacial score (nSPS) is 14.6. The average Bonchev–Trinajstić information content (AvgIpc) is 3.72. The number of halogens is 3. The van der Waals surface area contributed by atoms with Gasteiger partial charge in [-0.05, 0) is 67.5 Å². The van der Waals surface area contributed by atoms with E-state index in [1.807, 2.05) is 55.5 Å². The van der Waals surface area contributed by atoms with E-state index in [9.17, 15) is 22.8 Å². The third-order valence-corrected chi connectivity index (χ3v) is 7.63. The van der Waals surface area contributed by atoms with Crippen molar-refractivity contribution in [1.82, 2.24) is 5.16 Å². The summed E-state index contributed by atoms with van der Waals surface area (Å²) in [5, 5.41) is 6.75. The van der Waals surface area contributed by atoms with Gasteiger partial charge in [-0.15, -0.1) is 0 Å². The second kappa shape index (κ2) is 11.9.